The minimum absolute atomic E-state index is 0.356. The van der Waals surface area contributed by atoms with Crippen LogP contribution in [0.25, 0.3) is 11.4 Å². The first-order chi connectivity index (χ1) is 8.54. The van der Waals surface area contributed by atoms with Gasteiger partial charge in [-0.25, -0.2) is 4.98 Å². The number of hydrogen-bond acceptors (Lipinski definition) is 2. The third-order valence-corrected chi connectivity index (χ3v) is 3.68. The fourth-order valence-electron chi connectivity index (χ4n) is 1.98. The van der Waals surface area contributed by atoms with Gasteiger partial charge in [-0.05, 0) is 41.4 Å². The Hall–Kier alpha value is -1.60. The molecule has 0 unspecified atom stereocenters. The number of rotatable bonds is 2. The van der Waals surface area contributed by atoms with E-state index in [1.165, 1.54) is 11.1 Å². The summed E-state index contributed by atoms with van der Waals surface area (Å²) in [6.07, 6.45) is 0.356. The number of imidazole rings is 1. The van der Waals surface area contributed by atoms with Crippen LogP contribution >= 0.6 is 15.9 Å². The number of aryl methyl sites for hydroxylation is 2. The van der Waals surface area contributed by atoms with Gasteiger partial charge < -0.3 is 4.57 Å². The molecule has 1 aromatic heterocycles. The van der Waals surface area contributed by atoms with Crippen molar-refractivity contribution >= 4 is 15.9 Å². The first-order valence-electron chi connectivity index (χ1n) is 5.70. The maximum Gasteiger partial charge on any atom is 0.141 e. The molecule has 18 heavy (non-hydrogen) atoms. The lowest BCUT2D eigenvalue weighted by atomic mass is 10.1. The Bertz CT molecular complexity index is 635. The van der Waals surface area contributed by atoms with E-state index in [2.05, 4.69) is 59.0 Å². The molecule has 0 saturated carbocycles. The highest BCUT2D eigenvalue weighted by atomic mass is 79.9. The zero-order valence-electron chi connectivity index (χ0n) is 10.7. The molecule has 0 aliphatic heterocycles. The van der Waals surface area contributed by atoms with Crippen LogP contribution in [-0.4, -0.2) is 9.55 Å². The van der Waals surface area contributed by atoms with Gasteiger partial charge >= 0.3 is 0 Å². The van der Waals surface area contributed by atoms with Crippen molar-refractivity contribution in [1.29, 1.82) is 5.26 Å². The molecule has 92 valence electrons. The van der Waals surface area contributed by atoms with E-state index in [0.717, 1.165) is 21.7 Å². The molecule has 0 aliphatic carbocycles. The van der Waals surface area contributed by atoms with Gasteiger partial charge in [0.25, 0.3) is 0 Å². The Balaban J connectivity index is 2.62. The Kier molecular flexibility index (Phi) is 3.53. The molecule has 2 rings (SSSR count). The van der Waals surface area contributed by atoms with Crippen LogP contribution in [0.1, 0.15) is 16.8 Å². The summed E-state index contributed by atoms with van der Waals surface area (Å²) in [5.41, 5.74) is 4.41. The number of hydrogen-bond donors (Lipinski definition) is 0. The lowest BCUT2D eigenvalue weighted by Crippen LogP contribution is -1.99. The highest BCUT2D eigenvalue weighted by Gasteiger charge is 2.15. The molecule has 0 N–H and O–H groups in total. The average molecular weight is 304 g/mol. The van der Waals surface area contributed by atoms with Gasteiger partial charge in [0.05, 0.1) is 18.2 Å². The fourth-order valence-corrected chi connectivity index (χ4v) is 2.56. The maximum atomic E-state index is 8.84. The summed E-state index contributed by atoms with van der Waals surface area (Å²) in [4.78, 5) is 4.53. The molecule has 0 bridgehead atoms. The molecular weight excluding hydrogens is 290 g/mol. The van der Waals surface area contributed by atoms with Crippen LogP contribution in [0.15, 0.2) is 22.8 Å². The van der Waals surface area contributed by atoms with Crippen molar-refractivity contribution in [1.82, 2.24) is 9.55 Å². The monoisotopic (exact) mass is 303 g/mol. The number of halogens is 1. The van der Waals surface area contributed by atoms with Gasteiger partial charge in [0, 0.05) is 12.6 Å². The first kappa shape index (κ1) is 12.8. The van der Waals surface area contributed by atoms with E-state index in [1.807, 2.05) is 11.6 Å². The number of benzene rings is 1. The van der Waals surface area contributed by atoms with E-state index in [9.17, 15) is 0 Å². The predicted molar refractivity (Wildman–Crippen MR) is 75.1 cm³/mol. The minimum atomic E-state index is 0.356. The van der Waals surface area contributed by atoms with Crippen LogP contribution in [0.2, 0.25) is 0 Å². The lowest BCUT2D eigenvalue weighted by molar-refractivity contribution is 0.860. The largest absolute Gasteiger partial charge is 0.329 e. The van der Waals surface area contributed by atoms with Gasteiger partial charge in [-0.1, -0.05) is 17.7 Å². The molecule has 0 saturated heterocycles. The molecule has 0 spiro atoms. The van der Waals surface area contributed by atoms with Gasteiger partial charge in [0.1, 0.15) is 10.4 Å². The molecule has 2 aromatic rings. The van der Waals surface area contributed by atoms with Crippen molar-refractivity contribution in [3.63, 3.8) is 0 Å². The predicted octanol–water partition coefficient (Wildman–Crippen LogP) is 3.53. The summed E-state index contributed by atoms with van der Waals surface area (Å²) >= 11 is 3.43. The van der Waals surface area contributed by atoms with E-state index in [-0.39, 0.29) is 0 Å². The Morgan fingerprint density at radius 2 is 2.11 bits per heavy atom. The van der Waals surface area contributed by atoms with Crippen LogP contribution in [0.5, 0.6) is 0 Å². The second-order valence-electron chi connectivity index (χ2n) is 4.39. The summed E-state index contributed by atoms with van der Waals surface area (Å²) < 4.78 is 2.73. The van der Waals surface area contributed by atoms with Crippen LogP contribution in [-0.2, 0) is 13.5 Å². The summed E-state index contributed by atoms with van der Waals surface area (Å²) in [5.74, 6) is 0.897. The fraction of sp³-hybridized carbons (Fsp3) is 0.286. The highest BCUT2D eigenvalue weighted by Crippen LogP contribution is 2.28. The lowest BCUT2D eigenvalue weighted by Gasteiger charge is -2.08. The quantitative estimate of drug-likeness (QED) is 0.851. The van der Waals surface area contributed by atoms with E-state index >= 15 is 0 Å². The number of nitriles is 1. The second kappa shape index (κ2) is 4.95. The molecule has 0 fully saturated rings. The first-order valence-corrected chi connectivity index (χ1v) is 6.49. The van der Waals surface area contributed by atoms with Crippen molar-refractivity contribution in [2.75, 3.05) is 0 Å². The van der Waals surface area contributed by atoms with E-state index in [0.29, 0.717) is 6.42 Å². The number of nitrogens with zero attached hydrogens (tertiary/aromatic N) is 3. The molecule has 0 aliphatic rings. The summed E-state index contributed by atoms with van der Waals surface area (Å²) in [5, 5.41) is 8.84. The van der Waals surface area contributed by atoms with Crippen molar-refractivity contribution < 1.29 is 0 Å². The maximum absolute atomic E-state index is 8.84. The molecule has 1 aromatic carbocycles. The minimum Gasteiger partial charge on any atom is -0.329 e. The van der Waals surface area contributed by atoms with Crippen LogP contribution in [0.3, 0.4) is 0 Å². The molecular formula is C14H14BrN3. The van der Waals surface area contributed by atoms with Crippen molar-refractivity contribution in [3.8, 4) is 17.5 Å². The summed E-state index contributed by atoms with van der Waals surface area (Å²) in [6, 6.07) is 8.48. The van der Waals surface area contributed by atoms with Crippen molar-refractivity contribution in [2.45, 2.75) is 20.3 Å². The van der Waals surface area contributed by atoms with E-state index < -0.39 is 0 Å². The SMILES string of the molecule is Cc1ccc(C)c(-c2nc(Br)c(CC#N)n2C)c1. The Morgan fingerprint density at radius 1 is 1.39 bits per heavy atom. The Labute approximate surface area is 115 Å². The third kappa shape index (κ3) is 2.19. The van der Waals surface area contributed by atoms with Crippen molar-refractivity contribution in [2.24, 2.45) is 7.05 Å². The van der Waals surface area contributed by atoms with Crippen LogP contribution in [0.4, 0.5) is 0 Å². The van der Waals surface area contributed by atoms with Crippen LogP contribution in [0, 0.1) is 25.2 Å². The highest BCUT2D eigenvalue weighted by molar-refractivity contribution is 9.10. The van der Waals surface area contributed by atoms with E-state index in [4.69, 9.17) is 5.26 Å². The van der Waals surface area contributed by atoms with E-state index in [1.54, 1.807) is 0 Å². The summed E-state index contributed by atoms with van der Waals surface area (Å²) in [7, 11) is 1.95. The standard InChI is InChI=1S/C14H14BrN3/c1-9-4-5-10(2)11(8-9)14-17-13(15)12(6-7-16)18(14)3/h4-5,8H,6H2,1-3H3. The average Bonchev–Trinajstić information content (AvgIpc) is 2.61. The normalized spacial score (nSPS) is 10.4. The number of aromatic nitrogens is 2. The zero-order chi connectivity index (χ0) is 13.3. The molecule has 1 heterocycles. The van der Waals surface area contributed by atoms with Gasteiger partial charge in [-0.2, -0.15) is 5.26 Å². The molecule has 0 atom stereocenters. The third-order valence-electron chi connectivity index (χ3n) is 3.05. The Morgan fingerprint density at radius 3 is 2.78 bits per heavy atom. The van der Waals surface area contributed by atoms with Crippen molar-refractivity contribution in [3.05, 3.63) is 39.6 Å². The second-order valence-corrected chi connectivity index (χ2v) is 5.14. The topological polar surface area (TPSA) is 41.6 Å². The smallest absolute Gasteiger partial charge is 0.141 e. The van der Waals surface area contributed by atoms with Gasteiger partial charge in [-0.3, -0.25) is 0 Å². The summed E-state index contributed by atoms with van der Waals surface area (Å²) in [6.45, 7) is 4.14. The molecule has 0 radical (unpaired) electrons. The van der Waals surface area contributed by atoms with Gasteiger partial charge in [-0.15, -0.1) is 0 Å². The molecule has 0 amide bonds. The van der Waals surface area contributed by atoms with Gasteiger partial charge in [0.15, 0.2) is 0 Å². The van der Waals surface area contributed by atoms with Gasteiger partial charge in [0.2, 0.25) is 0 Å². The molecule has 3 nitrogen and oxygen atoms in total. The molecule has 4 heteroatoms. The zero-order valence-corrected chi connectivity index (χ0v) is 12.2. The van der Waals surface area contributed by atoms with Crippen LogP contribution < -0.4 is 0 Å².